The first kappa shape index (κ1) is 24.6. The second kappa shape index (κ2) is 8.03. The molecule has 3 aliphatic rings. The number of rotatable bonds is 3. The number of fused-ring (bicyclic) bond motifs is 2. The summed E-state index contributed by atoms with van der Waals surface area (Å²) in [6, 6.07) is 0. The molecule has 13 heteroatoms. The molecule has 188 valence electrons. The summed E-state index contributed by atoms with van der Waals surface area (Å²) in [6.45, 7) is 0.249. The minimum atomic E-state index is -2.07. The van der Waals surface area contributed by atoms with Crippen LogP contribution in [0.15, 0.2) is 11.3 Å². The number of aromatic hydroxyl groups is 2. The summed E-state index contributed by atoms with van der Waals surface area (Å²) in [7, 11) is 0. The lowest BCUT2D eigenvalue weighted by molar-refractivity contribution is -0.219. The van der Waals surface area contributed by atoms with Crippen molar-refractivity contribution in [1.29, 1.82) is 0 Å². The van der Waals surface area contributed by atoms with Crippen LogP contribution in [0.3, 0.4) is 0 Å². The maximum atomic E-state index is 13.0. The third-order valence-corrected chi connectivity index (χ3v) is 6.70. The van der Waals surface area contributed by atoms with Crippen molar-refractivity contribution in [2.45, 2.75) is 49.3 Å². The number of hydrogen-bond donors (Lipinski definition) is 9. The first-order valence-corrected chi connectivity index (χ1v) is 10.4. The lowest BCUT2D eigenvalue weighted by Gasteiger charge is -2.41. The summed E-state index contributed by atoms with van der Waals surface area (Å²) >= 11 is 0. The first-order chi connectivity index (χ1) is 16.3. The van der Waals surface area contributed by atoms with Crippen molar-refractivity contribution >= 4 is 29.4 Å². The Morgan fingerprint density at radius 2 is 1.63 bits per heavy atom. The van der Waals surface area contributed by atoms with E-state index in [1.165, 1.54) is 0 Å². The number of allylic oxidation sites excluding steroid dienone is 1. The van der Waals surface area contributed by atoms with Gasteiger partial charge in [-0.3, -0.25) is 14.4 Å². The molecule has 0 radical (unpaired) electrons. The van der Waals surface area contributed by atoms with Crippen LogP contribution >= 0.6 is 0 Å². The van der Waals surface area contributed by atoms with E-state index < -0.39 is 117 Å². The third-order valence-electron chi connectivity index (χ3n) is 6.70. The molecule has 13 nitrogen and oxygen atoms in total. The van der Waals surface area contributed by atoms with Gasteiger partial charge in [-0.1, -0.05) is 0 Å². The molecule has 1 heterocycles. The average Bonchev–Trinajstić information content (AvgIpc) is 2.79. The standard InChI is InChI=1S/C22H22O13/c1-22(21(33)34)3-5(24)2-6-11(22)15(28)9-8(12(6)25)16(29)17(30)10(14(9)27)20-19(32)18(31)13(26)7(4-23)35-20/h2,7,13,18-20,23-28,31-32H,3-4H2,1H3,(H,33,34)/t7-,13-,18+,19-,20-,22?/m1/s1. The Morgan fingerprint density at radius 3 is 2.20 bits per heavy atom. The van der Waals surface area contributed by atoms with Crippen molar-refractivity contribution in [3.8, 4) is 11.5 Å². The molecule has 0 bridgehead atoms. The fourth-order valence-electron chi connectivity index (χ4n) is 4.83. The zero-order chi connectivity index (χ0) is 26.1. The van der Waals surface area contributed by atoms with Crippen molar-refractivity contribution in [2.75, 3.05) is 6.61 Å². The second-order valence-corrected chi connectivity index (χ2v) is 8.86. The van der Waals surface area contributed by atoms with Gasteiger partial charge in [-0.05, 0) is 13.0 Å². The third kappa shape index (κ3) is 3.24. The number of benzene rings is 1. The molecule has 1 aliphatic heterocycles. The topological polar surface area (TPSA) is 243 Å². The van der Waals surface area contributed by atoms with Crippen LogP contribution in [-0.2, 0) is 19.7 Å². The summed E-state index contributed by atoms with van der Waals surface area (Å²) in [5.74, 6) is -8.12. The minimum Gasteiger partial charge on any atom is -0.512 e. The van der Waals surface area contributed by atoms with Crippen LogP contribution in [-0.4, -0.2) is 101 Å². The van der Waals surface area contributed by atoms with Gasteiger partial charge in [0, 0.05) is 17.5 Å². The number of aliphatic hydroxyl groups is 6. The van der Waals surface area contributed by atoms with Crippen LogP contribution in [0.25, 0.3) is 11.8 Å². The number of carbonyl (C=O) groups excluding carboxylic acids is 2. The molecule has 6 atom stereocenters. The second-order valence-electron chi connectivity index (χ2n) is 8.86. The van der Waals surface area contributed by atoms with Gasteiger partial charge in [0.15, 0.2) is 0 Å². The number of carbonyl (C=O) groups is 3. The SMILES string of the molecule is CC1(C(=O)O)CC(O)=Cc2c(O)c3c(c(O)c21)C(O)=C([C@H]1O[C@H](CO)[C@@H](O)[C@H](O)[C@H]1O)C(=O)C3=O. The van der Waals surface area contributed by atoms with Crippen molar-refractivity contribution in [3.63, 3.8) is 0 Å². The monoisotopic (exact) mass is 494 g/mol. The summed E-state index contributed by atoms with van der Waals surface area (Å²) in [6.07, 6.45) is -8.90. The minimum absolute atomic E-state index is 0.444. The molecule has 1 saturated heterocycles. The molecule has 4 rings (SSSR count). The smallest absolute Gasteiger partial charge is 0.314 e. The number of aliphatic carboxylic acids is 1. The Labute approximate surface area is 196 Å². The van der Waals surface area contributed by atoms with Crippen molar-refractivity contribution in [1.82, 2.24) is 0 Å². The molecule has 35 heavy (non-hydrogen) atoms. The Hall–Kier alpha value is -3.49. The maximum absolute atomic E-state index is 13.0. The van der Waals surface area contributed by atoms with Gasteiger partial charge in [0.05, 0.1) is 29.1 Å². The number of carboxylic acid groups (broad SMARTS) is 1. The lowest BCUT2D eigenvalue weighted by atomic mass is 9.69. The Morgan fingerprint density at radius 1 is 1.00 bits per heavy atom. The van der Waals surface area contributed by atoms with Gasteiger partial charge in [-0.15, -0.1) is 0 Å². The molecule has 9 N–H and O–H groups in total. The van der Waals surface area contributed by atoms with Crippen LogP contribution in [0.1, 0.15) is 40.4 Å². The van der Waals surface area contributed by atoms with E-state index in [4.69, 9.17) is 4.74 Å². The molecule has 0 saturated carbocycles. The summed E-state index contributed by atoms with van der Waals surface area (Å²) in [5, 5.41) is 92.5. The summed E-state index contributed by atoms with van der Waals surface area (Å²) < 4.78 is 5.27. The highest BCUT2D eigenvalue weighted by Gasteiger charge is 2.52. The van der Waals surface area contributed by atoms with E-state index in [-0.39, 0.29) is 0 Å². The average molecular weight is 494 g/mol. The molecule has 1 aromatic rings. The number of aliphatic hydroxyl groups excluding tert-OH is 6. The Kier molecular flexibility index (Phi) is 5.65. The molecule has 2 aliphatic carbocycles. The van der Waals surface area contributed by atoms with Crippen LogP contribution in [0.4, 0.5) is 0 Å². The zero-order valence-electron chi connectivity index (χ0n) is 18.0. The molecule has 1 fully saturated rings. The van der Waals surface area contributed by atoms with Gasteiger partial charge in [0.25, 0.3) is 0 Å². The Bertz CT molecular complexity index is 1230. The van der Waals surface area contributed by atoms with E-state index in [0.29, 0.717) is 0 Å². The molecule has 0 aromatic heterocycles. The number of Topliss-reactive ketones (excluding diaryl/α,β-unsaturated/α-hetero) is 2. The quantitative estimate of drug-likeness (QED) is 0.174. The maximum Gasteiger partial charge on any atom is 0.314 e. The first-order valence-electron chi connectivity index (χ1n) is 10.4. The summed E-state index contributed by atoms with van der Waals surface area (Å²) in [4.78, 5) is 38.0. The van der Waals surface area contributed by atoms with Crippen molar-refractivity contribution in [3.05, 3.63) is 33.6 Å². The Balaban J connectivity index is 2.03. The number of ketones is 2. The van der Waals surface area contributed by atoms with Gasteiger partial charge in [-0.2, -0.15) is 0 Å². The van der Waals surface area contributed by atoms with Gasteiger partial charge in [0.2, 0.25) is 11.6 Å². The lowest BCUT2D eigenvalue weighted by Crippen LogP contribution is -2.60. The molecular formula is C22H22O13. The molecule has 0 spiro atoms. The summed E-state index contributed by atoms with van der Waals surface area (Å²) in [5.41, 5.74) is -5.57. The van der Waals surface area contributed by atoms with Gasteiger partial charge in [0.1, 0.15) is 53.2 Å². The van der Waals surface area contributed by atoms with E-state index in [9.17, 15) is 60.3 Å². The van der Waals surface area contributed by atoms with E-state index >= 15 is 0 Å². The van der Waals surface area contributed by atoms with Crippen LogP contribution in [0.2, 0.25) is 0 Å². The molecule has 0 amide bonds. The number of carboxylic acids is 1. The molecule has 1 unspecified atom stereocenters. The fourth-order valence-corrected chi connectivity index (χ4v) is 4.83. The van der Waals surface area contributed by atoms with Gasteiger partial charge < -0.3 is 50.7 Å². The predicted octanol–water partition coefficient (Wildman–Crippen LogP) is -1.38. The van der Waals surface area contributed by atoms with E-state index in [0.717, 1.165) is 13.0 Å². The van der Waals surface area contributed by atoms with E-state index in [1.807, 2.05) is 0 Å². The fraction of sp³-hybridized carbons (Fsp3) is 0.409. The molecular weight excluding hydrogens is 472 g/mol. The number of ether oxygens (including phenoxy) is 1. The largest absolute Gasteiger partial charge is 0.512 e. The zero-order valence-corrected chi connectivity index (χ0v) is 18.0. The normalized spacial score (nSPS) is 32.7. The number of phenolic OH excluding ortho intramolecular Hbond substituents is 2. The highest BCUT2D eigenvalue weighted by atomic mass is 16.5. The van der Waals surface area contributed by atoms with E-state index in [2.05, 4.69) is 0 Å². The van der Waals surface area contributed by atoms with Crippen molar-refractivity contribution < 1.29 is 65.1 Å². The number of hydrogen-bond acceptors (Lipinski definition) is 12. The van der Waals surface area contributed by atoms with Gasteiger partial charge in [-0.25, -0.2) is 0 Å². The van der Waals surface area contributed by atoms with E-state index in [1.54, 1.807) is 0 Å². The highest BCUT2D eigenvalue weighted by Crippen LogP contribution is 2.52. The highest BCUT2D eigenvalue weighted by molar-refractivity contribution is 6.53. The van der Waals surface area contributed by atoms with Crippen molar-refractivity contribution in [2.24, 2.45) is 0 Å². The van der Waals surface area contributed by atoms with Gasteiger partial charge >= 0.3 is 5.97 Å². The van der Waals surface area contributed by atoms with Crippen LogP contribution < -0.4 is 0 Å². The van der Waals surface area contributed by atoms with Crippen LogP contribution in [0, 0.1) is 0 Å². The predicted molar refractivity (Wildman–Crippen MR) is 113 cm³/mol. The molecule has 1 aromatic carbocycles. The van der Waals surface area contributed by atoms with Crippen LogP contribution in [0.5, 0.6) is 11.5 Å². The number of phenols is 2.